The van der Waals surface area contributed by atoms with E-state index in [9.17, 15) is 14.9 Å². The number of ether oxygens (including phenoxy) is 1. The van der Waals surface area contributed by atoms with Gasteiger partial charge in [-0.15, -0.1) is 11.3 Å². The number of thiazole rings is 1. The second-order valence-corrected chi connectivity index (χ2v) is 8.92. The number of hydrogen-bond acceptors (Lipinski definition) is 8. The van der Waals surface area contributed by atoms with Gasteiger partial charge in [-0.1, -0.05) is 0 Å². The van der Waals surface area contributed by atoms with Gasteiger partial charge in [0, 0.05) is 24.2 Å². The summed E-state index contributed by atoms with van der Waals surface area (Å²) < 4.78 is 7.22. The van der Waals surface area contributed by atoms with Crippen LogP contribution >= 0.6 is 11.3 Å². The first-order chi connectivity index (χ1) is 15.8. The summed E-state index contributed by atoms with van der Waals surface area (Å²) in [7, 11) is 2.01. The molecular formula is C22H23N7O3S. The Kier molecular flexibility index (Phi) is 6.02. The monoisotopic (exact) mass is 465 g/mol. The molecular weight excluding hydrogens is 442 g/mol. The normalized spacial score (nSPS) is 13.0. The smallest absolute Gasteiger partial charge is 0.271 e. The van der Waals surface area contributed by atoms with Crippen LogP contribution < -0.4 is 20.3 Å². The van der Waals surface area contributed by atoms with E-state index in [1.807, 2.05) is 30.6 Å². The molecule has 1 aliphatic heterocycles. The van der Waals surface area contributed by atoms with Crippen LogP contribution in [0.25, 0.3) is 11.3 Å². The fourth-order valence-electron chi connectivity index (χ4n) is 3.19. The summed E-state index contributed by atoms with van der Waals surface area (Å²) >= 11 is 1.30. The lowest BCUT2D eigenvalue weighted by atomic mass is 10.1. The Balaban J connectivity index is 1.34. The second kappa shape index (κ2) is 8.91. The number of carbonyl (C=O) groups is 2. The Bertz CT molecular complexity index is 1240. The number of nitrogens with one attached hydrogen (secondary N) is 2. The predicted molar refractivity (Wildman–Crippen MR) is 124 cm³/mol. The van der Waals surface area contributed by atoms with Crippen LogP contribution in [-0.2, 0) is 10.3 Å². The van der Waals surface area contributed by atoms with Gasteiger partial charge in [-0.2, -0.15) is 5.26 Å². The maximum Gasteiger partial charge on any atom is 0.271 e. The summed E-state index contributed by atoms with van der Waals surface area (Å²) in [5.41, 5.74) is 1.97. The Morgan fingerprint density at radius 1 is 1.36 bits per heavy atom. The molecule has 0 spiro atoms. The van der Waals surface area contributed by atoms with Crippen molar-refractivity contribution in [1.82, 2.24) is 19.9 Å². The van der Waals surface area contributed by atoms with E-state index in [0.29, 0.717) is 11.7 Å². The number of carbonyl (C=O) groups excluding carboxylic acids is 2. The molecule has 0 bridgehead atoms. The van der Waals surface area contributed by atoms with E-state index in [1.165, 1.54) is 23.9 Å². The quantitative estimate of drug-likeness (QED) is 0.573. The number of amides is 2. The molecule has 0 unspecified atom stereocenters. The molecule has 11 heteroatoms. The summed E-state index contributed by atoms with van der Waals surface area (Å²) in [5.74, 6) is -0.0644. The van der Waals surface area contributed by atoms with Gasteiger partial charge >= 0.3 is 0 Å². The molecule has 2 N–H and O–H groups in total. The van der Waals surface area contributed by atoms with Gasteiger partial charge in [0.05, 0.1) is 36.9 Å². The zero-order chi connectivity index (χ0) is 23.6. The SMILES string of the molecule is CN1CCOc2ccc(-c3csc(NC(=O)CNC(=O)c4cn(C(C)(C)C#N)cn4)n3)cc21. The van der Waals surface area contributed by atoms with Gasteiger partial charge in [0.25, 0.3) is 5.91 Å². The molecule has 0 saturated carbocycles. The number of benzene rings is 1. The lowest BCUT2D eigenvalue weighted by Crippen LogP contribution is -2.33. The van der Waals surface area contributed by atoms with Gasteiger partial charge in [0.15, 0.2) is 5.13 Å². The zero-order valence-corrected chi connectivity index (χ0v) is 19.3. The highest BCUT2D eigenvalue weighted by Gasteiger charge is 2.21. The van der Waals surface area contributed by atoms with E-state index in [-0.39, 0.29) is 12.2 Å². The summed E-state index contributed by atoms with van der Waals surface area (Å²) in [4.78, 5) is 35.2. The van der Waals surface area contributed by atoms with Crippen LogP contribution in [0.2, 0.25) is 0 Å². The fraction of sp³-hybridized carbons (Fsp3) is 0.318. The molecule has 0 aliphatic carbocycles. The average Bonchev–Trinajstić information content (AvgIpc) is 3.48. The van der Waals surface area contributed by atoms with E-state index < -0.39 is 17.4 Å². The molecule has 4 rings (SSSR count). The van der Waals surface area contributed by atoms with Gasteiger partial charge in [-0.25, -0.2) is 9.97 Å². The third-order valence-corrected chi connectivity index (χ3v) is 6.00. The van der Waals surface area contributed by atoms with Crippen molar-refractivity contribution in [2.45, 2.75) is 19.4 Å². The van der Waals surface area contributed by atoms with Crippen LogP contribution in [0.4, 0.5) is 10.8 Å². The Labute approximate surface area is 194 Å². The number of likely N-dealkylation sites (N-methyl/N-ethyl adjacent to an activating group) is 1. The molecule has 2 aromatic heterocycles. The third-order valence-electron chi connectivity index (χ3n) is 5.24. The Morgan fingerprint density at radius 2 is 2.18 bits per heavy atom. The maximum absolute atomic E-state index is 12.3. The molecule has 3 aromatic rings. The van der Waals surface area contributed by atoms with Gasteiger partial charge in [0.1, 0.15) is 23.6 Å². The first-order valence-corrected chi connectivity index (χ1v) is 11.1. The lowest BCUT2D eigenvalue weighted by molar-refractivity contribution is -0.115. The lowest BCUT2D eigenvalue weighted by Gasteiger charge is -2.27. The van der Waals surface area contributed by atoms with Crippen molar-refractivity contribution in [3.05, 3.63) is 41.8 Å². The third kappa shape index (κ3) is 4.80. The zero-order valence-electron chi connectivity index (χ0n) is 18.5. The van der Waals surface area contributed by atoms with Gasteiger partial charge in [-0.3, -0.25) is 9.59 Å². The number of anilines is 2. The number of imidazole rings is 1. The molecule has 2 amide bonds. The van der Waals surface area contributed by atoms with Crippen LogP contribution in [0.1, 0.15) is 24.3 Å². The number of rotatable bonds is 6. The minimum absolute atomic E-state index is 0.129. The maximum atomic E-state index is 12.3. The van der Waals surface area contributed by atoms with Crippen LogP contribution in [-0.4, -0.2) is 53.1 Å². The topological polar surface area (TPSA) is 125 Å². The highest BCUT2D eigenvalue weighted by molar-refractivity contribution is 7.14. The summed E-state index contributed by atoms with van der Waals surface area (Å²) in [6.07, 6.45) is 2.89. The highest BCUT2D eigenvalue weighted by Crippen LogP contribution is 2.35. The van der Waals surface area contributed by atoms with Crippen molar-refractivity contribution >= 4 is 34.0 Å². The highest BCUT2D eigenvalue weighted by atomic mass is 32.1. The van der Waals surface area contributed by atoms with Crippen molar-refractivity contribution in [3.8, 4) is 23.1 Å². The largest absolute Gasteiger partial charge is 0.490 e. The molecule has 0 atom stereocenters. The average molecular weight is 466 g/mol. The fourth-order valence-corrected chi connectivity index (χ4v) is 3.93. The molecule has 1 aromatic carbocycles. The minimum Gasteiger partial charge on any atom is -0.490 e. The second-order valence-electron chi connectivity index (χ2n) is 8.06. The predicted octanol–water partition coefficient (Wildman–Crippen LogP) is 2.46. The van der Waals surface area contributed by atoms with Crippen LogP contribution in [0.3, 0.4) is 0 Å². The number of aromatic nitrogens is 3. The van der Waals surface area contributed by atoms with Crippen molar-refractivity contribution in [2.75, 3.05) is 37.0 Å². The molecule has 3 heterocycles. The molecule has 10 nitrogen and oxygen atoms in total. The standard InChI is InChI=1S/C22H23N7O3S/c1-22(2,12-23)29-10-15(25-13-29)20(31)24-9-19(30)27-21-26-16(11-33-21)14-4-5-18-17(8-14)28(3)6-7-32-18/h4-5,8,10-11,13H,6-7,9H2,1-3H3,(H,24,31)(H,26,27,30). The van der Waals surface area contributed by atoms with Gasteiger partial charge in [-0.05, 0) is 32.0 Å². The van der Waals surface area contributed by atoms with Gasteiger partial charge in [0.2, 0.25) is 5.91 Å². The first kappa shape index (κ1) is 22.3. The number of fused-ring (bicyclic) bond motifs is 1. The van der Waals surface area contributed by atoms with Crippen molar-refractivity contribution < 1.29 is 14.3 Å². The number of nitriles is 1. The van der Waals surface area contributed by atoms with Gasteiger partial charge < -0.3 is 24.8 Å². The number of nitrogens with zero attached hydrogens (tertiary/aromatic N) is 5. The Morgan fingerprint density at radius 3 is 2.97 bits per heavy atom. The molecule has 0 radical (unpaired) electrons. The van der Waals surface area contributed by atoms with Crippen LogP contribution in [0.15, 0.2) is 36.1 Å². The summed E-state index contributed by atoms with van der Waals surface area (Å²) in [6.45, 7) is 4.66. The van der Waals surface area contributed by atoms with Crippen molar-refractivity contribution in [2.24, 2.45) is 0 Å². The minimum atomic E-state index is -0.827. The first-order valence-electron chi connectivity index (χ1n) is 10.2. The van der Waals surface area contributed by atoms with Crippen LogP contribution in [0.5, 0.6) is 5.75 Å². The van der Waals surface area contributed by atoms with E-state index in [0.717, 1.165) is 29.2 Å². The molecule has 33 heavy (non-hydrogen) atoms. The van der Waals surface area contributed by atoms with E-state index in [1.54, 1.807) is 18.4 Å². The van der Waals surface area contributed by atoms with Crippen molar-refractivity contribution in [1.29, 1.82) is 5.26 Å². The molecule has 170 valence electrons. The molecule has 1 aliphatic rings. The Hall–Kier alpha value is -3.91. The van der Waals surface area contributed by atoms with Crippen molar-refractivity contribution in [3.63, 3.8) is 0 Å². The van der Waals surface area contributed by atoms with E-state index in [2.05, 4.69) is 31.6 Å². The summed E-state index contributed by atoms with van der Waals surface area (Å²) in [5, 5.41) is 16.7. The van der Waals surface area contributed by atoms with E-state index >= 15 is 0 Å². The molecule has 0 saturated heterocycles. The van der Waals surface area contributed by atoms with Crippen LogP contribution in [0, 0.1) is 11.3 Å². The van der Waals surface area contributed by atoms with E-state index in [4.69, 9.17) is 4.74 Å². The molecule has 0 fully saturated rings. The number of hydrogen-bond donors (Lipinski definition) is 2. The summed E-state index contributed by atoms with van der Waals surface area (Å²) in [6, 6.07) is 8.01.